The highest BCUT2D eigenvalue weighted by atomic mass is 19.1. The fourth-order valence-corrected chi connectivity index (χ4v) is 3.34. The molecule has 0 radical (unpaired) electrons. The van der Waals surface area contributed by atoms with Gasteiger partial charge >= 0.3 is 0 Å². The molecular formula is C21H25F2N3O. The second-order valence-corrected chi connectivity index (χ2v) is 7.01. The molecule has 2 aromatic rings. The Morgan fingerprint density at radius 2 is 1.52 bits per heavy atom. The molecule has 1 heterocycles. The van der Waals surface area contributed by atoms with Crippen molar-refractivity contribution in [2.75, 3.05) is 39.8 Å². The third-order valence-electron chi connectivity index (χ3n) is 5.00. The molecule has 0 spiro atoms. The number of nitrogens with zero attached hydrogens (tertiary/aromatic N) is 2. The molecule has 0 bridgehead atoms. The second kappa shape index (κ2) is 9.06. The lowest BCUT2D eigenvalue weighted by Gasteiger charge is -2.38. The lowest BCUT2D eigenvalue weighted by molar-refractivity contribution is -0.120. The second-order valence-electron chi connectivity index (χ2n) is 7.01. The van der Waals surface area contributed by atoms with Crippen LogP contribution in [0.4, 0.5) is 8.78 Å². The number of piperazine rings is 1. The fourth-order valence-electron chi connectivity index (χ4n) is 3.34. The average molecular weight is 373 g/mol. The first-order chi connectivity index (χ1) is 13.0. The van der Waals surface area contributed by atoms with Gasteiger partial charge < -0.3 is 10.2 Å². The van der Waals surface area contributed by atoms with Crippen LogP contribution in [0.2, 0.25) is 0 Å². The van der Waals surface area contributed by atoms with Crippen molar-refractivity contribution in [1.82, 2.24) is 15.1 Å². The van der Waals surface area contributed by atoms with E-state index >= 15 is 0 Å². The third-order valence-corrected chi connectivity index (χ3v) is 5.00. The van der Waals surface area contributed by atoms with Gasteiger partial charge in [-0.3, -0.25) is 9.69 Å². The minimum absolute atomic E-state index is 0.00327. The Balaban J connectivity index is 1.64. The number of nitrogens with one attached hydrogen (secondary N) is 1. The van der Waals surface area contributed by atoms with E-state index < -0.39 is 0 Å². The highest BCUT2D eigenvalue weighted by Crippen LogP contribution is 2.22. The zero-order valence-corrected chi connectivity index (χ0v) is 15.5. The Bertz CT molecular complexity index is 741. The van der Waals surface area contributed by atoms with E-state index in [-0.39, 0.29) is 30.0 Å². The van der Waals surface area contributed by atoms with Gasteiger partial charge in [-0.05, 0) is 42.4 Å². The number of carbonyl (C=O) groups is 1. The van der Waals surface area contributed by atoms with Crippen molar-refractivity contribution in [3.63, 3.8) is 0 Å². The van der Waals surface area contributed by atoms with Crippen molar-refractivity contribution < 1.29 is 13.6 Å². The molecule has 2 aromatic carbocycles. The van der Waals surface area contributed by atoms with E-state index in [0.29, 0.717) is 6.54 Å². The van der Waals surface area contributed by atoms with E-state index in [9.17, 15) is 13.6 Å². The van der Waals surface area contributed by atoms with Crippen LogP contribution in [0, 0.1) is 11.6 Å². The first-order valence-electron chi connectivity index (χ1n) is 9.20. The zero-order valence-electron chi connectivity index (χ0n) is 15.5. The van der Waals surface area contributed by atoms with Crippen molar-refractivity contribution in [3.05, 3.63) is 71.3 Å². The highest BCUT2D eigenvalue weighted by molar-refractivity contribution is 5.78. The molecule has 144 valence electrons. The molecule has 0 aromatic heterocycles. The van der Waals surface area contributed by atoms with Crippen molar-refractivity contribution >= 4 is 5.91 Å². The largest absolute Gasteiger partial charge is 0.354 e. The van der Waals surface area contributed by atoms with Gasteiger partial charge in [-0.1, -0.05) is 24.3 Å². The van der Waals surface area contributed by atoms with Crippen LogP contribution in [0.15, 0.2) is 48.5 Å². The summed E-state index contributed by atoms with van der Waals surface area (Å²) in [7, 11) is 2.09. The molecule has 1 saturated heterocycles. The summed E-state index contributed by atoms with van der Waals surface area (Å²) in [6.07, 6.45) is 0.207. The van der Waals surface area contributed by atoms with E-state index in [4.69, 9.17) is 0 Å². The van der Waals surface area contributed by atoms with Crippen molar-refractivity contribution in [2.45, 2.75) is 12.5 Å². The Labute approximate surface area is 158 Å². The summed E-state index contributed by atoms with van der Waals surface area (Å²) in [5.41, 5.74) is 1.76. The monoisotopic (exact) mass is 373 g/mol. The van der Waals surface area contributed by atoms with Gasteiger partial charge in [-0.2, -0.15) is 0 Å². The van der Waals surface area contributed by atoms with Gasteiger partial charge in [0.05, 0.1) is 12.5 Å². The van der Waals surface area contributed by atoms with Crippen LogP contribution in [0.5, 0.6) is 0 Å². The molecule has 1 fully saturated rings. The number of benzene rings is 2. The lowest BCUT2D eigenvalue weighted by atomic mass is 10.0. The maximum Gasteiger partial charge on any atom is 0.224 e. The van der Waals surface area contributed by atoms with Gasteiger partial charge in [0.25, 0.3) is 0 Å². The molecule has 1 aliphatic rings. The van der Waals surface area contributed by atoms with Gasteiger partial charge in [-0.15, -0.1) is 0 Å². The molecular weight excluding hydrogens is 348 g/mol. The number of likely N-dealkylation sites (N-methyl/N-ethyl adjacent to an activating group) is 1. The molecule has 1 aliphatic heterocycles. The molecule has 1 atom stereocenters. The number of carbonyl (C=O) groups excluding carboxylic acids is 1. The van der Waals surface area contributed by atoms with E-state index in [1.54, 1.807) is 24.3 Å². The molecule has 27 heavy (non-hydrogen) atoms. The maximum absolute atomic E-state index is 13.3. The Morgan fingerprint density at radius 1 is 0.963 bits per heavy atom. The molecule has 6 heteroatoms. The van der Waals surface area contributed by atoms with E-state index in [1.807, 2.05) is 0 Å². The van der Waals surface area contributed by atoms with E-state index in [0.717, 1.165) is 37.3 Å². The van der Waals surface area contributed by atoms with Gasteiger partial charge in [0.2, 0.25) is 5.91 Å². The van der Waals surface area contributed by atoms with Gasteiger partial charge in [-0.25, -0.2) is 8.78 Å². The number of amides is 1. The predicted octanol–water partition coefficient (Wildman–Crippen LogP) is 2.61. The SMILES string of the molecule is CN1CCN(C(CNC(=O)Cc2ccc(F)cc2)c2ccc(F)cc2)CC1. The fraction of sp³-hybridized carbons (Fsp3) is 0.381. The summed E-state index contributed by atoms with van der Waals surface area (Å²) in [4.78, 5) is 16.9. The summed E-state index contributed by atoms with van der Waals surface area (Å²) in [6.45, 7) is 4.16. The minimum Gasteiger partial charge on any atom is -0.354 e. The van der Waals surface area contributed by atoms with Gasteiger partial charge in [0.15, 0.2) is 0 Å². The van der Waals surface area contributed by atoms with Crippen LogP contribution in [0.25, 0.3) is 0 Å². The average Bonchev–Trinajstić information content (AvgIpc) is 2.66. The Hall–Kier alpha value is -2.31. The van der Waals surface area contributed by atoms with Crippen LogP contribution < -0.4 is 5.32 Å². The summed E-state index contributed by atoms with van der Waals surface area (Å²) in [5.74, 6) is -0.690. The molecule has 0 aliphatic carbocycles. The number of halogens is 2. The maximum atomic E-state index is 13.3. The molecule has 1 amide bonds. The Kier molecular flexibility index (Phi) is 6.53. The number of rotatable bonds is 6. The van der Waals surface area contributed by atoms with Gasteiger partial charge in [0, 0.05) is 32.7 Å². The molecule has 3 rings (SSSR count). The van der Waals surface area contributed by atoms with E-state index in [1.165, 1.54) is 24.3 Å². The Morgan fingerprint density at radius 3 is 2.11 bits per heavy atom. The van der Waals surface area contributed by atoms with Crippen LogP contribution in [-0.2, 0) is 11.2 Å². The third kappa shape index (κ3) is 5.58. The zero-order chi connectivity index (χ0) is 19.2. The minimum atomic E-state index is -0.314. The smallest absolute Gasteiger partial charge is 0.224 e. The molecule has 4 nitrogen and oxygen atoms in total. The molecule has 1 N–H and O–H groups in total. The number of hydrogen-bond acceptors (Lipinski definition) is 3. The predicted molar refractivity (Wildman–Crippen MR) is 101 cm³/mol. The van der Waals surface area contributed by atoms with Crippen LogP contribution in [0.1, 0.15) is 17.2 Å². The quantitative estimate of drug-likeness (QED) is 0.846. The summed E-state index contributed by atoms with van der Waals surface area (Å²) in [6, 6.07) is 12.4. The molecule has 1 unspecified atom stereocenters. The summed E-state index contributed by atoms with van der Waals surface area (Å²) in [5, 5.41) is 2.99. The van der Waals surface area contributed by atoms with E-state index in [2.05, 4.69) is 22.2 Å². The van der Waals surface area contributed by atoms with Crippen LogP contribution in [0.3, 0.4) is 0 Å². The van der Waals surface area contributed by atoms with Crippen LogP contribution >= 0.6 is 0 Å². The first kappa shape index (κ1) is 19.5. The number of hydrogen-bond donors (Lipinski definition) is 1. The van der Waals surface area contributed by atoms with Crippen molar-refractivity contribution in [3.8, 4) is 0 Å². The van der Waals surface area contributed by atoms with Crippen LogP contribution in [-0.4, -0.2) is 55.5 Å². The summed E-state index contributed by atoms with van der Waals surface area (Å²) < 4.78 is 26.3. The normalized spacial score (nSPS) is 16.9. The molecule has 0 saturated carbocycles. The van der Waals surface area contributed by atoms with Crippen molar-refractivity contribution in [1.29, 1.82) is 0 Å². The standard InChI is InChI=1S/C21H25F2N3O/c1-25-10-12-26(13-11-25)20(17-4-8-19(23)9-5-17)15-24-21(27)14-16-2-6-18(22)7-3-16/h2-9,20H,10-15H2,1H3,(H,24,27). The lowest BCUT2D eigenvalue weighted by Crippen LogP contribution is -2.48. The summed E-state index contributed by atoms with van der Waals surface area (Å²) >= 11 is 0. The topological polar surface area (TPSA) is 35.6 Å². The highest BCUT2D eigenvalue weighted by Gasteiger charge is 2.24. The van der Waals surface area contributed by atoms with Crippen molar-refractivity contribution in [2.24, 2.45) is 0 Å². The van der Waals surface area contributed by atoms with Gasteiger partial charge in [0.1, 0.15) is 11.6 Å². The first-order valence-corrected chi connectivity index (χ1v) is 9.20.